The molecule has 2 aliphatic rings. The molecule has 1 aromatic carbocycles. The molecule has 4 atom stereocenters. The lowest BCUT2D eigenvalue weighted by Crippen LogP contribution is -2.44. The van der Waals surface area contributed by atoms with E-state index in [-0.39, 0.29) is 24.6 Å². The third kappa shape index (κ3) is 2.42. The van der Waals surface area contributed by atoms with Crippen LogP contribution >= 0.6 is 0 Å². The van der Waals surface area contributed by atoms with Gasteiger partial charge in [0.1, 0.15) is 12.2 Å². The quantitative estimate of drug-likeness (QED) is 0.815. The van der Waals surface area contributed by atoms with Crippen molar-refractivity contribution in [1.82, 2.24) is 0 Å². The lowest BCUT2D eigenvalue weighted by atomic mass is 10.0. The maximum atomic E-state index is 5.95. The number of hydrogen-bond acceptors (Lipinski definition) is 4. The number of hydrogen-bond donors (Lipinski definition) is 0. The van der Waals surface area contributed by atoms with Crippen LogP contribution in [0.5, 0.6) is 0 Å². The topological polar surface area (TPSA) is 36.9 Å². The number of benzene rings is 1. The maximum absolute atomic E-state index is 5.95. The Bertz CT molecular complexity index is 381. The second kappa shape index (κ2) is 5.36. The normalized spacial score (nSPS) is 34.7. The molecule has 4 nitrogen and oxygen atoms in total. The summed E-state index contributed by atoms with van der Waals surface area (Å²) in [6, 6.07) is 10.2. The second-order valence-corrected chi connectivity index (χ2v) is 4.72. The number of fused-ring (bicyclic) bond motifs is 2. The molecule has 0 radical (unpaired) electrons. The fraction of sp³-hybridized carbons (Fsp3) is 0.571. The van der Waals surface area contributed by atoms with E-state index in [0.29, 0.717) is 13.2 Å². The van der Waals surface area contributed by atoms with Crippen LogP contribution in [0.3, 0.4) is 0 Å². The highest BCUT2D eigenvalue weighted by Gasteiger charge is 2.44. The molecule has 2 aliphatic heterocycles. The first-order valence-electron chi connectivity index (χ1n) is 6.32. The summed E-state index contributed by atoms with van der Waals surface area (Å²) in [6.45, 7) is 1.20. The molecule has 18 heavy (non-hydrogen) atoms. The predicted molar refractivity (Wildman–Crippen MR) is 65.0 cm³/mol. The van der Waals surface area contributed by atoms with Crippen molar-refractivity contribution in [2.24, 2.45) is 0 Å². The highest BCUT2D eigenvalue weighted by Crippen LogP contribution is 2.31. The van der Waals surface area contributed by atoms with Gasteiger partial charge in [0.25, 0.3) is 0 Å². The summed E-state index contributed by atoms with van der Waals surface area (Å²) in [6.07, 6.45) is 0.693. The summed E-state index contributed by atoms with van der Waals surface area (Å²) in [4.78, 5) is 0. The standard InChI is InChI=1S/C14H18O4/c1-15-12-7-11(13-9-17-14(12)18-13)16-8-10-5-3-2-4-6-10/h2-6,11-14H,7-9H2,1H3/t11-,12+,13+,14?/m0/s1. The number of ether oxygens (including phenoxy) is 4. The van der Waals surface area contributed by atoms with E-state index in [1.165, 1.54) is 5.56 Å². The van der Waals surface area contributed by atoms with Gasteiger partial charge in [0.2, 0.25) is 0 Å². The van der Waals surface area contributed by atoms with Crippen molar-refractivity contribution in [1.29, 1.82) is 0 Å². The summed E-state index contributed by atoms with van der Waals surface area (Å²) < 4.78 is 22.6. The Hall–Kier alpha value is -0.940. The molecule has 0 aromatic heterocycles. The zero-order valence-electron chi connectivity index (χ0n) is 10.5. The van der Waals surface area contributed by atoms with Crippen molar-refractivity contribution >= 4 is 0 Å². The third-order valence-electron chi connectivity index (χ3n) is 3.53. The Kier molecular flexibility index (Phi) is 3.61. The van der Waals surface area contributed by atoms with Crippen LogP contribution in [-0.2, 0) is 25.6 Å². The average Bonchev–Trinajstić information content (AvgIpc) is 2.84. The van der Waals surface area contributed by atoms with Crippen molar-refractivity contribution in [2.45, 2.75) is 37.6 Å². The summed E-state index contributed by atoms with van der Waals surface area (Å²) in [5, 5.41) is 0. The first kappa shape index (κ1) is 12.1. The van der Waals surface area contributed by atoms with Gasteiger partial charge >= 0.3 is 0 Å². The van der Waals surface area contributed by atoms with Crippen molar-refractivity contribution in [2.75, 3.05) is 13.7 Å². The highest BCUT2D eigenvalue weighted by molar-refractivity contribution is 5.13. The Labute approximate surface area is 107 Å². The van der Waals surface area contributed by atoms with E-state index in [9.17, 15) is 0 Å². The molecule has 0 amide bonds. The van der Waals surface area contributed by atoms with Gasteiger partial charge in [-0.2, -0.15) is 0 Å². The molecular formula is C14H18O4. The molecule has 98 valence electrons. The van der Waals surface area contributed by atoms with Crippen LogP contribution in [0.25, 0.3) is 0 Å². The minimum atomic E-state index is -0.212. The van der Waals surface area contributed by atoms with Gasteiger partial charge in [-0.1, -0.05) is 30.3 Å². The van der Waals surface area contributed by atoms with Crippen molar-refractivity contribution in [3.8, 4) is 0 Å². The highest BCUT2D eigenvalue weighted by atomic mass is 16.7. The Morgan fingerprint density at radius 2 is 2.06 bits per heavy atom. The zero-order valence-corrected chi connectivity index (χ0v) is 10.5. The monoisotopic (exact) mass is 250 g/mol. The molecular weight excluding hydrogens is 232 g/mol. The van der Waals surface area contributed by atoms with Gasteiger partial charge in [0.05, 0.1) is 19.3 Å². The van der Waals surface area contributed by atoms with Gasteiger partial charge in [-0.25, -0.2) is 0 Å². The molecule has 0 spiro atoms. The summed E-state index contributed by atoms with van der Waals surface area (Å²) >= 11 is 0. The van der Waals surface area contributed by atoms with E-state index in [1.807, 2.05) is 18.2 Å². The molecule has 2 fully saturated rings. The van der Waals surface area contributed by atoms with Crippen LogP contribution in [0, 0.1) is 0 Å². The molecule has 0 aliphatic carbocycles. The molecule has 2 saturated heterocycles. The summed E-state index contributed by atoms with van der Waals surface area (Å²) in [5.41, 5.74) is 1.17. The fourth-order valence-electron chi connectivity index (χ4n) is 2.48. The van der Waals surface area contributed by atoms with Gasteiger partial charge in [-0.3, -0.25) is 0 Å². The molecule has 3 rings (SSSR count). The Morgan fingerprint density at radius 1 is 1.22 bits per heavy atom. The number of rotatable bonds is 4. The first-order valence-corrected chi connectivity index (χ1v) is 6.32. The van der Waals surface area contributed by atoms with E-state index in [0.717, 1.165) is 6.42 Å². The first-order chi connectivity index (χ1) is 8.86. The molecule has 2 bridgehead atoms. The van der Waals surface area contributed by atoms with Crippen molar-refractivity contribution in [3.63, 3.8) is 0 Å². The van der Waals surface area contributed by atoms with E-state index < -0.39 is 0 Å². The van der Waals surface area contributed by atoms with Crippen LogP contribution in [0.1, 0.15) is 12.0 Å². The van der Waals surface area contributed by atoms with Gasteiger partial charge in [-0.05, 0) is 5.56 Å². The van der Waals surface area contributed by atoms with Crippen LogP contribution < -0.4 is 0 Å². The molecule has 0 saturated carbocycles. The zero-order chi connectivity index (χ0) is 12.4. The van der Waals surface area contributed by atoms with Crippen LogP contribution in [-0.4, -0.2) is 38.3 Å². The van der Waals surface area contributed by atoms with Gasteiger partial charge in [-0.15, -0.1) is 0 Å². The van der Waals surface area contributed by atoms with E-state index in [2.05, 4.69) is 12.1 Å². The van der Waals surface area contributed by atoms with Crippen LogP contribution in [0.4, 0.5) is 0 Å². The van der Waals surface area contributed by atoms with Crippen molar-refractivity contribution < 1.29 is 18.9 Å². The SMILES string of the molecule is CO[C@@H]1C[C@H](OCc2ccccc2)[C@H]2COC1O2. The Balaban J connectivity index is 1.59. The van der Waals surface area contributed by atoms with Crippen molar-refractivity contribution in [3.05, 3.63) is 35.9 Å². The molecule has 4 heteroatoms. The van der Waals surface area contributed by atoms with E-state index in [1.54, 1.807) is 7.11 Å². The third-order valence-corrected chi connectivity index (χ3v) is 3.53. The lowest BCUT2D eigenvalue weighted by molar-refractivity contribution is -0.200. The second-order valence-electron chi connectivity index (χ2n) is 4.72. The van der Waals surface area contributed by atoms with E-state index >= 15 is 0 Å². The van der Waals surface area contributed by atoms with Gasteiger partial charge in [0.15, 0.2) is 6.29 Å². The Morgan fingerprint density at radius 3 is 2.83 bits per heavy atom. The van der Waals surface area contributed by atoms with E-state index in [4.69, 9.17) is 18.9 Å². The minimum absolute atomic E-state index is 0.0236. The smallest absolute Gasteiger partial charge is 0.184 e. The maximum Gasteiger partial charge on any atom is 0.184 e. The largest absolute Gasteiger partial charge is 0.376 e. The fourth-order valence-corrected chi connectivity index (χ4v) is 2.48. The lowest BCUT2D eigenvalue weighted by Gasteiger charge is -2.32. The molecule has 0 N–H and O–H groups in total. The molecule has 2 heterocycles. The number of methoxy groups -OCH3 is 1. The van der Waals surface area contributed by atoms with Gasteiger partial charge < -0.3 is 18.9 Å². The van der Waals surface area contributed by atoms with Crippen LogP contribution in [0.15, 0.2) is 30.3 Å². The molecule has 1 unspecified atom stereocenters. The average molecular weight is 250 g/mol. The van der Waals surface area contributed by atoms with Crippen LogP contribution in [0.2, 0.25) is 0 Å². The minimum Gasteiger partial charge on any atom is -0.376 e. The summed E-state index contributed by atoms with van der Waals surface area (Å²) in [7, 11) is 1.68. The molecule has 1 aromatic rings. The van der Waals surface area contributed by atoms with Gasteiger partial charge in [0, 0.05) is 13.5 Å². The summed E-state index contributed by atoms with van der Waals surface area (Å²) in [5.74, 6) is 0. The predicted octanol–water partition coefficient (Wildman–Crippen LogP) is 1.73.